The Balaban J connectivity index is 2.41. The second-order valence-electron chi connectivity index (χ2n) is 12.9. The Morgan fingerprint density at radius 2 is 1.32 bits per heavy atom. The van der Waals surface area contributed by atoms with Gasteiger partial charge >= 0.3 is 12.1 Å². The Bertz CT molecular complexity index is 1220. The maximum atomic E-state index is 13.7. The van der Waals surface area contributed by atoms with Crippen molar-refractivity contribution in [1.82, 2.24) is 5.32 Å². The molecule has 2 rings (SSSR count). The maximum absolute atomic E-state index is 13.7. The first kappa shape index (κ1) is 33.1. The second-order valence-corrected chi connectivity index (χ2v) is 15.1. The molecule has 0 spiro atoms. The zero-order valence-corrected chi connectivity index (χ0v) is 26.1. The number of benzene rings is 2. The lowest BCUT2D eigenvalue weighted by molar-refractivity contribution is -0.154. The molecule has 40 heavy (non-hydrogen) atoms. The first-order valence-corrected chi connectivity index (χ1v) is 15.1. The largest absolute Gasteiger partial charge is 0.488 e. The highest BCUT2D eigenvalue weighted by molar-refractivity contribution is 7.92. The highest BCUT2D eigenvalue weighted by atomic mass is 32.2. The number of amides is 1. The van der Waals surface area contributed by atoms with Crippen molar-refractivity contribution in [3.63, 3.8) is 0 Å². The third-order valence-electron chi connectivity index (χ3n) is 5.42. The number of carbonyl (C=O) groups is 2. The number of hydrogen-bond donors (Lipinski definition) is 1. The predicted molar refractivity (Wildman–Crippen MR) is 156 cm³/mol. The molecule has 1 unspecified atom stereocenters. The molecule has 0 aliphatic carbocycles. The molecular weight excluding hydrogens is 530 g/mol. The van der Waals surface area contributed by atoms with E-state index in [2.05, 4.69) is 5.32 Å². The Morgan fingerprint density at radius 1 is 0.775 bits per heavy atom. The van der Waals surface area contributed by atoms with E-state index in [1.807, 2.05) is 45.0 Å². The summed E-state index contributed by atoms with van der Waals surface area (Å²) < 4.78 is 44.3. The fraction of sp³-hybridized carbons (Fsp3) is 0.548. The first-order valence-electron chi connectivity index (χ1n) is 13.5. The van der Waals surface area contributed by atoms with Gasteiger partial charge in [0.1, 0.15) is 22.6 Å². The predicted octanol–water partition coefficient (Wildman–Crippen LogP) is 6.26. The van der Waals surface area contributed by atoms with Gasteiger partial charge in [-0.1, -0.05) is 30.3 Å². The quantitative estimate of drug-likeness (QED) is 0.333. The molecule has 222 valence electrons. The fourth-order valence-electron chi connectivity index (χ4n) is 4.01. The molecule has 0 heterocycles. The van der Waals surface area contributed by atoms with Crippen LogP contribution in [0.5, 0.6) is 5.75 Å². The van der Waals surface area contributed by atoms with Crippen LogP contribution in [-0.4, -0.2) is 48.6 Å². The SMILES string of the molecule is CC(C)(C)OC(=O)CC(C[C@@H](Cc1ccc(OC(C)(C)C)cc1)NC(=O)OC(C)(C)C)S(=O)(=O)c1ccccc1. The Kier molecular flexibility index (Phi) is 10.8. The van der Waals surface area contributed by atoms with Crippen LogP contribution in [-0.2, 0) is 30.5 Å². The fourth-order valence-corrected chi connectivity index (χ4v) is 5.77. The number of ether oxygens (including phenoxy) is 3. The van der Waals surface area contributed by atoms with Gasteiger partial charge in [-0.15, -0.1) is 0 Å². The van der Waals surface area contributed by atoms with Gasteiger partial charge in [-0.2, -0.15) is 0 Å². The van der Waals surface area contributed by atoms with Crippen molar-refractivity contribution in [2.45, 2.75) is 115 Å². The highest BCUT2D eigenvalue weighted by Crippen LogP contribution is 2.26. The van der Waals surface area contributed by atoms with Crippen molar-refractivity contribution in [1.29, 1.82) is 0 Å². The average Bonchev–Trinajstić information content (AvgIpc) is 2.77. The van der Waals surface area contributed by atoms with Crippen molar-refractivity contribution >= 4 is 21.9 Å². The minimum Gasteiger partial charge on any atom is -0.488 e. The summed E-state index contributed by atoms with van der Waals surface area (Å²) in [5, 5.41) is 1.70. The third kappa shape index (κ3) is 12.0. The van der Waals surface area contributed by atoms with Crippen molar-refractivity contribution in [3.05, 3.63) is 60.2 Å². The number of esters is 1. The molecule has 8 nitrogen and oxygen atoms in total. The van der Waals surface area contributed by atoms with Gasteiger partial charge in [0, 0.05) is 6.04 Å². The standard InChI is InChI=1S/C31H45NO7S/c1-29(2,3)37-24-17-15-22(16-18-24)19-23(32-28(34)39-31(7,8)9)20-26(21-27(33)38-30(4,5)6)40(35,36)25-13-11-10-12-14-25/h10-18,23,26H,19-21H2,1-9H3,(H,32,34)/t23-,26?/m1/s1. The van der Waals surface area contributed by atoms with E-state index in [4.69, 9.17) is 14.2 Å². The van der Waals surface area contributed by atoms with Gasteiger partial charge in [0.25, 0.3) is 0 Å². The number of alkyl carbamates (subject to hydrolysis) is 1. The molecule has 0 radical (unpaired) electrons. The second kappa shape index (κ2) is 13.1. The van der Waals surface area contributed by atoms with Crippen molar-refractivity contribution < 1.29 is 32.2 Å². The lowest BCUT2D eigenvalue weighted by Crippen LogP contribution is -2.43. The molecule has 0 aliphatic heterocycles. The minimum atomic E-state index is -3.95. The molecule has 0 aliphatic rings. The number of carbonyl (C=O) groups excluding carboxylic acids is 2. The summed E-state index contributed by atoms with van der Waals surface area (Å²) in [6.45, 7) is 16.3. The van der Waals surface area contributed by atoms with E-state index < -0.39 is 44.4 Å². The molecule has 1 N–H and O–H groups in total. The summed E-state index contributed by atoms with van der Waals surface area (Å²) in [7, 11) is -3.95. The van der Waals surface area contributed by atoms with Gasteiger partial charge < -0.3 is 19.5 Å². The first-order chi connectivity index (χ1) is 18.2. The van der Waals surface area contributed by atoms with Gasteiger partial charge in [0.05, 0.1) is 16.6 Å². The van der Waals surface area contributed by atoms with E-state index in [0.29, 0.717) is 12.2 Å². The molecule has 0 bridgehead atoms. The molecule has 0 saturated heterocycles. The molecule has 2 aromatic rings. The average molecular weight is 576 g/mol. The molecule has 0 aromatic heterocycles. The molecule has 0 saturated carbocycles. The van der Waals surface area contributed by atoms with E-state index in [0.717, 1.165) is 5.56 Å². The Hall–Kier alpha value is -3.07. The third-order valence-corrected chi connectivity index (χ3v) is 7.59. The monoisotopic (exact) mass is 575 g/mol. The Labute approximate surface area is 239 Å². The van der Waals surface area contributed by atoms with Crippen LogP contribution in [0.25, 0.3) is 0 Å². The molecule has 2 aromatic carbocycles. The van der Waals surface area contributed by atoms with E-state index >= 15 is 0 Å². The molecule has 0 fully saturated rings. The van der Waals surface area contributed by atoms with Crippen LogP contribution in [0.1, 0.15) is 80.7 Å². The lowest BCUT2D eigenvalue weighted by Gasteiger charge is -2.27. The van der Waals surface area contributed by atoms with Crippen LogP contribution in [0.2, 0.25) is 0 Å². The summed E-state index contributed by atoms with van der Waals surface area (Å²) in [4.78, 5) is 25.7. The molecular formula is C31H45NO7S. The van der Waals surface area contributed by atoms with Gasteiger partial charge in [-0.3, -0.25) is 4.79 Å². The Morgan fingerprint density at radius 3 is 1.82 bits per heavy atom. The van der Waals surface area contributed by atoms with E-state index in [9.17, 15) is 18.0 Å². The number of sulfone groups is 1. The zero-order chi connectivity index (χ0) is 30.4. The summed E-state index contributed by atoms with van der Waals surface area (Å²) >= 11 is 0. The van der Waals surface area contributed by atoms with Crippen molar-refractivity contribution in [2.75, 3.05) is 0 Å². The summed E-state index contributed by atoms with van der Waals surface area (Å²) in [6.07, 6.45) is -0.752. The van der Waals surface area contributed by atoms with Crippen LogP contribution < -0.4 is 10.1 Å². The number of rotatable bonds is 10. The highest BCUT2D eigenvalue weighted by Gasteiger charge is 2.34. The smallest absolute Gasteiger partial charge is 0.407 e. The summed E-state index contributed by atoms with van der Waals surface area (Å²) in [5.41, 5.74) is -1.02. The van der Waals surface area contributed by atoms with Crippen LogP contribution >= 0.6 is 0 Å². The lowest BCUT2D eigenvalue weighted by atomic mass is 10.0. The van der Waals surface area contributed by atoms with Gasteiger partial charge in [0.2, 0.25) is 0 Å². The molecule has 9 heteroatoms. The topological polar surface area (TPSA) is 108 Å². The van der Waals surface area contributed by atoms with E-state index in [-0.39, 0.29) is 23.3 Å². The van der Waals surface area contributed by atoms with Gasteiger partial charge in [-0.25, -0.2) is 13.2 Å². The van der Waals surface area contributed by atoms with Gasteiger partial charge in [0.15, 0.2) is 9.84 Å². The van der Waals surface area contributed by atoms with Crippen LogP contribution in [0.15, 0.2) is 59.5 Å². The van der Waals surface area contributed by atoms with E-state index in [1.54, 1.807) is 59.7 Å². The van der Waals surface area contributed by atoms with E-state index in [1.165, 1.54) is 12.1 Å². The van der Waals surface area contributed by atoms with Gasteiger partial charge in [-0.05, 0) is 105 Å². The van der Waals surface area contributed by atoms with Crippen molar-refractivity contribution in [2.24, 2.45) is 0 Å². The number of nitrogens with one attached hydrogen (secondary N) is 1. The molecule has 1 amide bonds. The van der Waals surface area contributed by atoms with Crippen LogP contribution in [0, 0.1) is 0 Å². The maximum Gasteiger partial charge on any atom is 0.407 e. The van der Waals surface area contributed by atoms with Crippen LogP contribution in [0.3, 0.4) is 0 Å². The van der Waals surface area contributed by atoms with Crippen LogP contribution in [0.4, 0.5) is 4.79 Å². The molecule has 2 atom stereocenters. The summed E-state index contributed by atoms with van der Waals surface area (Å²) in [6, 6.07) is 14.8. The summed E-state index contributed by atoms with van der Waals surface area (Å²) in [5.74, 6) is 0.0686. The minimum absolute atomic E-state index is 0.0318. The zero-order valence-electron chi connectivity index (χ0n) is 25.2. The number of hydrogen-bond acceptors (Lipinski definition) is 7. The van der Waals surface area contributed by atoms with Crippen molar-refractivity contribution in [3.8, 4) is 5.75 Å². The normalized spacial score (nSPS) is 14.1.